The fourth-order valence-electron chi connectivity index (χ4n) is 4.12. The third kappa shape index (κ3) is 2.34. The van der Waals surface area contributed by atoms with Crippen LogP contribution in [0.2, 0.25) is 0 Å². The second-order valence-corrected chi connectivity index (χ2v) is 7.31. The summed E-state index contributed by atoms with van der Waals surface area (Å²) in [6.45, 7) is 0. The normalized spacial score (nSPS) is 17.2. The topological polar surface area (TPSA) is 79.0 Å². The molecule has 5 heterocycles. The Morgan fingerprint density at radius 2 is 1.45 bits per heavy atom. The molecule has 2 aromatic heterocycles. The van der Waals surface area contributed by atoms with Crippen LogP contribution >= 0.6 is 0 Å². The van der Waals surface area contributed by atoms with Crippen molar-refractivity contribution in [2.24, 2.45) is 20.0 Å². The summed E-state index contributed by atoms with van der Waals surface area (Å²) in [6, 6.07) is 15.9. The lowest BCUT2D eigenvalue weighted by Gasteiger charge is -2.31. The van der Waals surface area contributed by atoms with Crippen molar-refractivity contribution in [1.82, 2.24) is 4.90 Å². The molecule has 7 heteroatoms. The van der Waals surface area contributed by atoms with E-state index in [1.54, 1.807) is 12.5 Å². The number of allylic oxidation sites excluding steroid dienone is 2. The molecule has 0 saturated heterocycles. The second kappa shape index (κ2) is 5.99. The van der Waals surface area contributed by atoms with Gasteiger partial charge in [-0.3, -0.25) is 0 Å². The molecule has 0 fully saturated rings. The number of hydrogen-bond acceptors (Lipinski definition) is 7. The number of para-hydroxylation sites is 2. The smallest absolute Gasteiger partial charge is 0.239 e. The molecule has 7 nitrogen and oxygen atoms in total. The molecular formula is C24H13N5O2. The quantitative estimate of drug-likeness (QED) is 0.474. The van der Waals surface area contributed by atoms with Crippen LogP contribution in [0.4, 0.5) is 0 Å². The Hall–Kier alpha value is -4.52. The van der Waals surface area contributed by atoms with Gasteiger partial charge in [0.05, 0.1) is 29.6 Å². The van der Waals surface area contributed by atoms with Crippen LogP contribution in [0.25, 0.3) is 27.6 Å². The van der Waals surface area contributed by atoms with Gasteiger partial charge in [0, 0.05) is 21.9 Å². The molecular weight excluding hydrogens is 390 g/mol. The SMILES string of the molecule is C1=NC2=NC(c3cccc4ccoc34)=CC3=CC(c4cccc5ccoc45)=NC(=N1)N32. The number of furan rings is 2. The molecule has 0 radical (unpaired) electrons. The number of aliphatic imine (C=N–C) groups is 4. The zero-order valence-corrected chi connectivity index (χ0v) is 16.1. The molecule has 2 aromatic carbocycles. The Morgan fingerprint density at radius 1 is 0.710 bits per heavy atom. The monoisotopic (exact) mass is 403 g/mol. The average Bonchev–Trinajstić information content (AvgIpc) is 3.48. The van der Waals surface area contributed by atoms with E-state index in [1.165, 1.54) is 6.34 Å². The molecule has 0 unspecified atom stereocenters. The van der Waals surface area contributed by atoms with E-state index in [-0.39, 0.29) is 0 Å². The highest BCUT2D eigenvalue weighted by Gasteiger charge is 2.31. The first-order chi connectivity index (χ1) is 15.3. The standard InChI is InChI=1S/C24H13N5O2/c1-3-14-7-9-30-21(14)17(5-1)19-11-16-12-20(18-6-2-4-15-8-10-31-22(15)18)28-24-26-13-25-23(27-19)29(16)24/h1-13H. The van der Waals surface area contributed by atoms with Crippen LogP contribution in [0.15, 0.2) is 108 Å². The summed E-state index contributed by atoms with van der Waals surface area (Å²) in [5.74, 6) is 1.05. The highest BCUT2D eigenvalue weighted by Crippen LogP contribution is 2.34. The molecule has 0 spiro atoms. The molecule has 0 saturated carbocycles. The summed E-state index contributed by atoms with van der Waals surface area (Å²) in [7, 11) is 0. The van der Waals surface area contributed by atoms with Gasteiger partial charge >= 0.3 is 0 Å². The predicted octanol–water partition coefficient (Wildman–Crippen LogP) is 4.98. The summed E-state index contributed by atoms with van der Waals surface area (Å²) in [5.41, 5.74) is 5.84. The van der Waals surface area contributed by atoms with E-state index >= 15 is 0 Å². The van der Waals surface area contributed by atoms with Crippen molar-refractivity contribution in [3.8, 4) is 0 Å². The molecule has 0 amide bonds. The maximum Gasteiger partial charge on any atom is 0.239 e. The van der Waals surface area contributed by atoms with Crippen LogP contribution in [0.5, 0.6) is 0 Å². The Morgan fingerprint density at radius 3 is 2.26 bits per heavy atom. The van der Waals surface area contributed by atoms with Crippen LogP contribution in [0, 0.1) is 0 Å². The third-order valence-electron chi connectivity index (χ3n) is 5.52. The van der Waals surface area contributed by atoms with Crippen LogP contribution in [-0.2, 0) is 0 Å². The van der Waals surface area contributed by atoms with Crippen molar-refractivity contribution in [2.45, 2.75) is 0 Å². The lowest BCUT2D eigenvalue weighted by Crippen LogP contribution is -2.40. The van der Waals surface area contributed by atoms with E-state index in [9.17, 15) is 0 Å². The Kier molecular flexibility index (Phi) is 3.15. The number of rotatable bonds is 2. The predicted molar refractivity (Wildman–Crippen MR) is 120 cm³/mol. The van der Waals surface area contributed by atoms with Crippen molar-refractivity contribution in [2.75, 3.05) is 0 Å². The van der Waals surface area contributed by atoms with E-state index in [0.717, 1.165) is 50.2 Å². The Balaban J connectivity index is 1.44. The van der Waals surface area contributed by atoms with Crippen LogP contribution < -0.4 is 0 Å². The molecule has 7 rings (SSSR count). The maximum atomic E-state index is 5.73. The molecule has 3 aliphatic rings. The molecule has 3 aliphatic heterocycles. The van der Waals surface area contributed by atoms with Gasteiger partial charge in [0.1, 0.15) is 17.5 Å². The largest absolute Gasteiger partial charge is 0.464 e. The number of nitrogens with zero attached hydrogens (tertiary/aromatic N) is 5. The average molecular weight is 403 g/mol. The molecule has 0 N–H and O–H groups in total. The summed E-state index contributed by atoms with van der Waals surface area (Å²) >= 11 is 0. The minimum Gasteiger partial charge on any atom is -0.464 e. The lowest BCUT2D eigenvalue weighted by molar-refractivity contribution is 0.614. The zero-order valence-electron chi connectivity index (χ0n) is 16.1. The van der Waals surface area contributed by atoms with Crippen molar-refractivity contribution >= 4 is 51.6 Å². The fourth-order valence-corrected chi connectivity index (χ4v) is 4.12. The number of fused-ring (bicyclic) bond motifs is 2. The highest BCUT2D eigenvalue weighted by atomic mass is 16.3. The lowest BCUT2D eigenvalue weighted by atomic mass is 10.0. The van der Waals surface area contributed by atoms with E-state index in [0.29, 0.717) is 11.9 Å². The van der Waals surface area contributed by atoms with Gasteiger partial charge in [-0.15, -0.1) is 0 Å². The van der Waals surface area contributed by atoms with Gasteiger partial charge in [-0.25, -0.2) is 24.9 Å². The Labute approximate surface area is 175 Å². The zero-order chi connectivity index (χ0) is 20.4. The first-order valence-corrected chi connectivity index (χ1v) is 9.80. The van der Waals surface area contributed by atoms with Crippen LogP contribution in [0.3, 0.4) is 0 Å². The van der Waals surface area contributed by atoms with Crippen molar-refractivity contribution in [1.29, 1.82) is 0 Å². The van der Waals surface area contributed by atoms with Crippen LogP contribution in [0.1, 0.15) is 11.1 Å². The van der Waals surface area contributed by atoms with Gasteiger partial charge in [-0.05, 0) is 36.4 Å². The van der Waals surface area contributed by atoms with Gasteiger partial charge < -0.3 is 8.83 Å². The summed E-state index contributed by atoms with van der Waals surface area (Å²) in [6.07, 6.45) is 8.88. The molecule has 146 valence electrons. The van der Waals surface area contributed by atoms with E-state index < -0.39 is 0 Å². The van der Waals surface area contributed by atoms with E-state index in [4.69, 9.17) is 18.8 Å². The van der Waals surface area contributed by atoms with Gasteiger partial charge in [0.25, 0.3) is 0 Å². The van der Waals surface area contributed by atoms with Crippen molar-refractivity contribution in [3.05, 3.63) is 90.0 Å². The number of hydrogen-bond donors (Lipinski definition) is 0. The molecule has 0 bridgehead atoms. The number of guanidine groups is 2. The van der Waals surface area contributed by atoms with Gasteiger partial charge in [0.15, 0.2) is 0 Å². The van der Waals surface area contributed by atoms with Crippen molar-refractivity contribution < 1.29 is 8.83 Å². The van der Waals surface area contributed by atoms with Gasteiger partial charge in [0.2, 0.25) is 11.9 Å². The second-order valence-electron chi connectivity index (χ2n) is 7.31. The number of benzene rings is 2. The highest BCUT2D eigenvalue weighted by molar-refractivity contribution is 6.25. The molecule has 4 aromatic rings. The molecule has 0 atom stereocenters. The van der Waals surface area contributed by atoms with Gasteiger partial charge in [-0.1, -0.05) is 24.3 Å². The van der Waals surface area contributed by atoms with E-state index in [1.807, 2.05) is 65.6 Å². The van der Waals surface area contributed by atoms with Crippen molar-refractivity contribution in [3.63, 3.8) is 0 Å². The minimum atomic E-state index is 0.524. The fraction of sp³-hybridized carbons (Fsp3) is 0. The maximum absolute atomic E-state index is 5.73. The summed E-state index contributed by atoms with van der Waals surface area (Å²) < 4.78 is 11.5. The summed E-state index contributed by atoms with van der Waals surface area (Å²) in [4.78, 5) is 20.1. The van der Waals surface area contributed by atoms with Gasteiger partial charge in [-0.2, -0.15) is 0 Å². The summed E-state index contributed by atoms with van der Waals surface area (Å²) in [5, 5.41) is 2.06. The Bertz CT molecular complexity index is 1520. The van der Waals surface area contributed by atoms with Crippen LogP contribution in [-0.4, -0.2) is 28.9 Å². The molecule has 0 aliphatic carbocycles. The molecule has 31 heavy (non-hydrogen) atoms. The van der Waals surface area contributed by atoms with E-state index in [2.05, 4.69) is 9.98 Å². The third-order valence-corrected chi connectivity index (χ3v) is 5.52. The first kappa shape index (κ1) is 16.3. The first-order valence-electron chi connectivity index (χ1n) is 9.80. The minimum absolute atomic E-state index is 0.524.